The molecule has 1 N–H and O–H groups in total. The number of hydrazone groups is 1. The van der Waals surface area contributed by atoms with Crippen molar-refractivity contribution < 1.29 is 4.74 Å². The molecule has 3 rings (SSSR count). The predicted molar refractivity (Wildman–Crippen MR) is 87.1 cm³/mol. The Hall–Kier alpha value is -1.46. The van der Waals surface area contributed by atoms with E-state index < -0.39 is 0 Å². The van der Waals surface area contributed by atoms with Crippen LogP contribution in [0.25, 0.3) is 0 Å². The minimum Gasteiger partial charge on any atom is -0.496 e. The third-order valence-electron chi connectivity index (χ3n) is 3.01. The summed E-state index contributed by atoms with van der Waals surface area (Å²) in [7, 11) is 1.67. The lowest BCUT2D eigenvalue weighted by atomic mass is 10.2. The van der Waals surface area contributed by atoms with Crippen LogP contribution in [0.1, 0.15) is 16.5 Å². The van der Waals surface area contributed by atoms with Crippen LogP contribution in [0.3, 0.4) is 0 Å². The summed E-state index contributed by atoms with van der Waals surface area (Å²) in [5.74, 6) is 0.834. The molecule has 0 radical (unpaired) electrons. The number of halogens is 1. The van der Waals surface area contributed by atoms with Gasteiger partial charge in [0, 0.05) is 5.56 Å². The van der Waals surface area contributed by atoms with Gasteiger partial charge in [0.1, 0.15) is 16.2 Å². The van der Waals surface area contributed by atoms with Crippen molar-refractivity contribution in [1.82, 2.24) is 5.43 Å². The monoisotopic (exact) mass is 348 g/mol. The molecule has 0 fully saturated rings. The Morgan fingerprint density at radius 2 is 2.00 bits per heavy atom. The van der Waals surface area contributed by atoms with Crippen molar-refractivity contribution in [3.05, 3.63) is 64.1 Å². The topological polar surface area (TPSA) is 33.6 Å². The zero-order valence-corrected chi connectivity index (χ0v) is 13.2. The van der Waals surface area contributed by atoms with Gasteiger partial charge in [-0.2, -0.15) is 5.10 Å². The van der Waals surface area contributed by atoms with Crippen molar-refractivity contribution in [2.45, 2.75) is 5.37 Å². The molecule has 5 heteroatoms. The molecular weight excluding hydrogens is 336 g/mol. The zero-order chi connectivity index (χ0) is 13.9. The number of hydrogen-bond acceptors (Lipinski definition) is 4. The molecule has 1 unspecified atom stereocenters. The third-order valence-corrected chi connectivity index (χ3v) is 4.80. The van der Waals surface area contributed by atoms with Gasteiger partial charge in [0.2, 0.25) is 0 Å². The third kappa shape index (κ3) is 2.69. The summed E-state index contributed by atoms with van der Waals surface area (Å²) in [5, 5.41) is 5.57. The average Bonchev–Trinajstić information content (AvgIpc) is 2.98. The second-order valence-electron chi connectivity index (χ2n) is 4.30. The molecule has 0 saturated carbocycles. The number of thioether (sulfide) groups is 1. The van der Waals surface area contributed by atoms with Crippen molar-refractivity contribution in [3.8, 4) is 5.75 Å². The highest BCUT2D eigenvalue weighted by Crippen LogP contribution is 2.37. The van der Waals surface area contributed by atoms with Gasteiger partial charge in [0.15, 0.2) is 0 Å². The maximum absolute atomic E-state index is 5.25. The molecule has 0 spiro atoms. The number of nitrogens with zero attached hydrogens (tertiary/aromatic N) is 1. The molecule has 20 heavy (non-hydrogen) atoms. The number of benzene rings is 2. The van der Waals surface area contributed by atoms with Crippen LogP contribution in [0.15, 0.2) is 58.1 Å². The first-order chi connectivity index (χ1) is 9.78. The summed E-state index contributed by atoms with van der Waals surface area (Å²) in [5.41, 5.74) is 5.48. The average molecular weight is 349 g/mol. The summed E-state index contributed by atoms with van der Waals surface area (Å²) >= 11 is 5.23. The molecule has 0 saturated heterocycles. The van der Waals surface area contributed by atoms with E-state index in [9.17, 15) is 0 Å². The predicted octanol–water partition coefficient (Wildman–Crippen LogP) is 4.15. The molecular formula is C15H13BrN2OS. The van der Waals surface area contributed by atoms with Gasteiger partial charge >= 0.3 is 0 Å². The Balaban J connectivity index is 1.77. The van der Waals surface area contributed by atoms with Crippen LogP contribution >= 0.6 is 27.7 Å². The maximum Gasteiger partial charge on any atom is 0.133 e. The first kappa shape index (κ1) is 13.5. The van der Waals surface area contributed by atoms with Crippen LogP contribution in [0.4, 0.5) is 0 Å². The molecule has 1 aliphatic rings. The molecule has 3 nitrogen and oxygen atoms in total. The molecule has 1 aliphatic heterocycles. The van der Waals surface area contributed by atoms with Gasteiger partial charge < -0.3 is 4.74 Å². The standard InChI is InChI=1S/C15H13BrN2OS/c1-19-13-8-7-11(9-12(13)16)15-18-17-14(20-15)10-5-3-2-4-6-10/h2-9,15,18H,1H3. The SMILES string of the molecule is COc1ccc(C2NN=C(c3ccccc3)S2)cc1Br. The van der Waals surface area contributed by atoms with Crippen LogP contribution in [-0.4, -0.2) is 12.2 Å². The lowest BCUT2D eigenvalue weighted by molar-refractivity contribution is 0.412. The van der Waals surface area contributed by atoms with E-state index in [-0.39, 0.29) is 5.37 Å². The Morgan fingerprint density at radius 1 is 1.20 bits per heavy atom. The minimum atomic E-state index is 0.132. The van der Waals surface area contributed by atoms with E-state index in [1.165, 1.54) is 0 Å². The minimum absolute atomic E-state index is 0.132. The van der Waals surface area contributed by atoms with E-state index in [4.69, 9.17) is 4.74 Å². The van der Waals surface area contributed by atoms with Crippen LogP contribution in [-0.2, 0) is 0 Å². The molecule has 0 bridgehead atoms. The summed E-state index contributed by atoms with van der Waals surface area (Å²) < 4.78 is 6.20. The Morgan fingerprint density at radius 3 is 2.70 bits per heavy atom. The van der Waals surface area contributed by atoms with E-state index in [2.05, 4.69) is 50.7 Å². The molecule has 0 aromatic heterocycles. The highest BCUT2D eigenvalue weighted by Gasteiger charge is 2.22. The number of methoxy groups -OCH3 is 1. The Labute approximate surface area is 130 Å². The summed E-state index contributed by atoms with van der Waals surface area (Å²) in [4.78, 5) is 0. The van der Waals surface area contributed by atoms with Gasteiger partial charge in [-0.25, -0.2) is 0 Å². The first-order valence-electron chi connectivity index (χ1n) is 6.16. The summed E-state index contributed by atoms with van der Waals surface area (Å²) in [6.45, 7) is 0. The number of nitrogens with one attached hydrogen (secondary N) is 1. The van der Waals surface area contributed by atoms with Crippen LogP contribution < -0.4 is 10.2 Å². The molecule has 0 amide bonds. The maximum atomic E-state index is 5.25. The van der Waals surface area contributed by atoms with E-state index in [0.717, 1.165) is 26.4 Å². The number of rotatable bonds is 3. The Kier molecular flexibility index (Phi) is 3.98. The fourth-order valence-electron chi connectivity index (χ4n) is 1.98. The lowest BCUT2D eigenvalue weighted by Gasteiger charge is -2.11. The van der Waals surface area contributed by atoms with E-state index >= 15 is 0 Å². The molecule has 2 aromatic carbocycles. The van der Waals surface area contributed by atoms with Gasteiger partial charge in [-0.05, 0) is 33.6 Å². The van der Waals surface area contributed by atoms with Gasteiger partial charge in [-0.1, -0.05) is 48.2 Å². The van der Waals surface area contributed by atoms with Crippen molar-refractivity contribution in [2.75, 3.05) is 7.11 Å². The second-order valence-corrected chi connectivity index (χ2v) is 6.25. The number of ether oxygens (including phenoxy) is 1. The molecule has 1 atom stereocenters. The highest BCUT2D eigenvalue weighted by molar-refractivity contribution is 9.10. The van der Waals surface area contributed by atoms with Gasteiger partial charge in [0.25, 0.3) is 0 Å². The second kappa shape index (κ2) is 5.89. The van der Waals surface area contributed by atoms with Gasteiger partial charge in [0.05, 0.1) is 11.6 Å². The van der Waals surface area contributed by atoms with Crippen molar-refractivity contribution in [2.24, 2.45) is 5.10 Å². The first-order valence-corrected chi connectivity index (χ1v) is 7.84. The van der Waals surface area contributed by atoms with Crippen LogP contribution in [0.2, 0.25) is 0 Å². The van der Waals surface area contributed by atoms with Crippen LogP contribution in [0, 0.1) is 0 Å². The van der Waals surface area contributed by atoms with Gasteiger partial charge in [-0.3, -0.25) is 5.43 Å². The van der Waals surface area contributed by atoms with Crippen molar-refractivity contribution >= 4 is 32.7 Å². The normalized spacial score (nSPS) is 17.5. The summed E-state index contributed by atoms with van der Waals surface area (Å²) in [6.07, 6.45) is 0. The fourth-order valence-corrected chi connectivity index (χ4v) is 3.53. The van der Waals surface area contributed by atoms with E-state index in [1.807, 2.05) is 24.3 Å². The van der Waals surface area contributed by atoms with E-state index in [1.54, 1.807) is 18.9 Å². The van der Waals surface area contributed by atoms with E-state index in [0.29, 0.717) is 0 Å². The lowest BCUT2D eigenvalue weighted by Crippen LogP contribution is -2.06. The van der Waals surface area contributed by atoms with Crippen LogP contribution in [0.5, 0.6) is 5.75 Å². The van der Waals surface area contributed by atoms with Gasteiger partial charge in [-0.15, -0.1) is 0 Å². The van der Waals surface area contributed by atoms with Crippen molar-refractivity contribution in [1.29, 1.82) is 0 Å². The zero-order valence-electron chi connectivity index (χ0n) is 10.8. The Bertz CT molecular complexity index is 646. The fraction of sp³-hybridized carbons (Fsp3) is 0.133. The highest BCUT2D eigenvalue weighted by atomic mass is 79.9. The van der Waals surface area contributed by atoms with Crippen molar-refractivity contribution in [3.63, 3.8) is 0 Å². The molecule has 0 aliphatic carbocycles. The smallest absolute Gasteiger partial charge is 0.133 e. The number of hydrogen-bond donors (Lipinski definition) is 1. The quantitative estimate of drug-likeness (QED) is 0.904. The molecule has 1 heterocycles. The molecule has 102 valence electrons. The molecule has 2 aromatic rings. The summed E-state index contributed by atoms with van der Waals surface area (Å²) in [6, 6.07) is 16.3. The largest absolute Gasteiger partial charge is 0.496 e.